The zero-order valence-corrected chi connectivity index (χ0v) is 27.7. The van der Waals surface area contributed by atoms with E-state index in [-0.39, 0.29) is 6.29 Å². The van der Waals surface area contributed by atoms with Gasteiger partial charge in [-0.15, -0.1) is 0 Å². The van der Waals surface area contributed by atoms with E-state index in [0.717, 1.165) is 0 Å². The number of hydrogen-bond donors (Lipinski definition) is 1. The maximum Gasteiger partial charge on any atom is 0.180 e. The number of nitrogens with two attached hydrogens (primary N) is 1. The smallest absolute Gasteiger partial charge is 0.180 e. The average Bonchev–Trinajstić information content (AvgIpc) is 3.03. The minimum Gasteiger partial charge on any atom is -0.491 e. The van der Waals surface area contributed by atoms with Crippen molar-refractivity contribution in [1.29, 1.82) is 0 Å². The summed E-state index contributed by atoms with van der Waals surface area (Å²) >= 11 is 5.94. The first kappa shape index (κ1) is 41.7. The molecule has 0 aliphatic carbocycles. The van der Waals surface area contributed by atoms with E-state index in [1.54, 1.807) is 32.4 Å². The van der Waals surface area contributed by atoms with Crippen molar-refractivity contribution in [2.24, 2.45) is 0 Å². The van der Waals surface area contributed by atoms with Crippen LogP contribution in [0.4, 0.5) is 5.69 Å². The first-order chi connectivity index (χ1) is 22.2. The van der Waals surface area contributed by atoms with Crippen molar-refractivity contribution in [2.75, 3.05) is 159 Å². The van der Waals surface area contributed by atoms with E-state index in [1.165, 1.54) is 0 Å². The fourth-order valence-corrected chi connectivity index (χ4v) is 3.51. The predicted molar refractivity (Wildman–Crippen MR) is 167 cm³/mol. The second-order valence-corrected chi connectivity index (χ2v) is 9.49. The molecule has 0 fully saturated rings. The molecule has 0 aliphatic heterocycles. The Balaban J connectivity index is 1.66. The third-order valence-corrected chi connectivity index (χ3v) is 5.74. The Kier molecular flexibility index (Phi) is 30.1. The largest absolute Gasteiger partial charge is 0.491 e. The molecule has 1 aromatic carbocycles. The van der Waals surface area contributed by atoms with Gasteiger partial charge >= 0.3 is 0 Å². The molecule has 264 valence electrons. The highest BCUT2D eigenvalue weighted by Gasteiger charge is 2.04. The van der Waals surface area contributed by atoms with Crippen LogP contribution < -0.4 is 10.5 Å². The number of halogens is 1. The molecule has 0 saturated carbocycles. The summed E-state index contributed by atoms with van der Waals surface area (Å²) in [5.41, 5.74) is 6.28. The van der Waals surface area contributed by atoms with Crippen LogP contribution in [0.5, 0.6) is 5.75 Å². The maximum absolute atomic E-state index is 5.94. The third-order valence-electron chi connectivity index (χ3n) is 5.52. The highest BCUT2D eigenvalue weighted by Crippen LogP contribution is 2.22. The lowest BCUT2D eigenvalue weighted by molar-refractivity contribution is -0.143. The minimum atomic E-state index is -0.353. The SMILES string of the molecule is COC(COCCOCCOCCOCCOCCOCCOCCOCCOCCOCCOc1cc(N)cc(Cl)c1)OC. The molecule has 0 aliphatic rings. The van der Waals surface area contributed by atoms with Gasteiger partial charge in [-0.05, 0) is 12.1 Å². The Labute approximate surface area is 272 Å². The zero-order chi connectivity index (χ0) is 32.5. The van der Waals surface area contributed by atoms with Crippen LogP contribution in [0.25, 0.3) is 0 Å². The van der Waals surface area contributed by atoms with Crippen molar-refractivity contribution in [3.8, 4) is 5.75 Å². The van der Waals surface area contributed by atoms with Crippen molar-refractivity contribution in [3.05, 3.63) is 23.2 Å². The van der Waals surface area contributed by atoms with Crippen LogP contribution in [0, 0.1) is 0 Å². The molecule has 0 amide bonds. The summed E-state index contributed by atoms with van der Waals surface area (Å²) in [5.74, 6) is 0.619. The molecule has 0 saturated heterocycles. The molecule has 0 radical (unpaired) electrons. The number of benzene rings is 1. The van der Waals surface area contributed by atoms with Gasteiger partial charge in [-0.1, -0.05) is 11.6 Å². The maximum atomic E-state index is 5.94. The van der Waals surface area contributed by atoms with Gasteiger partial charge in [0, 0.05) is 31.0 Å². The molecular weight excluding hydrogens is 618 g/mol. The summed E-state index contributed by atoms with van der Waals surface area (Å²) in [4.78, 5) is 0. The van der Waals surface area contributed by atoms with Gasteiger partial charge in [-0.25, -0.2) is 0 Å². The highest BCUT2D eigenvalue weighted by molar-refractivity contribution is 6.31. The van der Waals surface area contributed by atoms with E-state index in [2.05, 4.69) is 0 Å². The van der Waals surface area contributed by atoms with Crippen LogP contribution in [0.15, 0.2) is 18.2 Å². The van der Waals surface area contributed by atoms with Crippen LogP contribution in [0.3, 0.4) is 0 Å². The second kappa shape index (κ2) is 32.6. The summed E-state index contributed by atoms with van der Waals surface area (Å²) in [7, 11) is 3.14. The first-order valence-corrected chi connectivity index (χ1v) is 15.6. The van der Waals surface area contributed by atoms with Gasteiger partial charge in [0.2, 0.25) is 0 Å². The summed E-state index contributed by atoms with van der Waals surface area (Å²) in [6.07, 6.45) is -0.353. The van der Waals surface area contributed by atoms with E-state index in [0.29, 0.717) is 155 Å². The van der Waals surface area contributed by atoms with E-state index in [9.17, 15) is 0 Å². The number of methoxy groups -OCH3 is 2. The van der Waals surface area contributed by atoms with Crippen LogP contribution in [0.2, 0.25) is 5.02 Å². The molecule has 14 nitrogen and oxygen atoms in total. The highest BCUT2D eigenvalue weighted by atomic mass is 35.5. The Hall–Kier alpha value is -1.37. The van der Waals surface area contributed by atoms with E-state index in [1.807, 2.05) is 0 Å². The van der Waals surface area contributed by atoms with Crippen molar-refractivity contribution >= 4 is 17.3 Å². The van der Waals surface area contributed by atoms with Gasteiger partial charge in [0.15, 0.2) is 6.29 Å². The number of rotatable bonds is 35. The quantitative estimate of drug-likeness (QED) is 0.0638. The van der Waals surface area contributed by atoms with Crippen LogP contribution in [-0.4, -0.2) is 159 Å². The monoisotopic (exact) mass is 671 g/mol. The number of hydrogen-bond acceptors (Lipinski definition) is 14. The summed E-state index contributed by atoms with van der Waals surface area (Å²) in [6, 6.07) is 5.09. The minimum absolute atomic E-state index is 0.353. The van der Waals surface area contributed by atoms with Gasteiger partial charge in [-0.3, -0.25) is 0 Å². The fraction of sp³-hybridized carbons (Fsp3) is 0.800. The molecule has 0 spiro atoms. The molecule has 0 aromatic heterocycles. The molecule has 2 N–H and O–H groups in total. The molecule has 0 unspecified atom stereocenters. The lowest BCUT2D eigenvalue weighted by Crippen LogP contribution is -2.21. The normalized spacial score (nSPS) is 11.6. The summed E-state index contributed by atoms with van der Waals surface area (Å²) in [6.45, 7) is 10.1. The van der Waals surface area contributed by atoms with Crippen LogP contribution >= 0.6 is 11.6 Å². The Morgan fingerprint density at radius 1 is 0.467 bits per heavy atom. The number of nitrogen functional groups attached to an aromatic ring is 1. The van der Waals surface area contributed by atoms with Crippen molar-refractivity contribution in [1.82, 2.24) is 0 Å². The Bertz CT molecular complexity index is 744. The fourth-order valence-electron chi connectivity index (χ4n) is 3.28. The molecule has 15 heteroatoms. The number of anilines is 1. The molecule has 45 heavy (non-hydrogen) atoms. The molecule has 1 aromatic rings. The van der Waals surface area contributed by atoms with Gasteiger partial charge in [0.05, 0.1) is 132 Å². The lowest BCUT2D eigenvalue weighted by Gasteiger charge is -2.13. The molecule has 0 bridgehead atoms. The zero-order valence-electron chi connectivity index (χ0n) is 26.9. The summed E-state index contributed by atoms with van der Waals surface area (Å²) in [5, 5.41) is 0.537. The van der Waals surface area contributed by atoms with Gasteiger partial charge < -0.3 is 67.3 Å². The molecule has 0 atom stereocenters. The third kappa shape index (κ3) is 28.6. The second-order valence-electron chi connectivity index (χ2n) is 9.06. The topological polar surface area (TPSA) is 146 Å². The van der Waals surface area contributed by atoms with Crippen molar-refractivity contribution in [2.45, 2.75) is 6.29 Å². The van der Waals surface area contributed by atoms with Gasteiger partial charge in [0.1, 0.15) is 12.4 Å². The molecule has 1 rings (SSSR count). The lowest BCUT2D eigenvalue weighted by atomic mass is 10.3. The first-order valence-electron chi connectivity index (χ1n) is 15.2. The van der Waals surface area contributed by atoms with Crippen molar-refractivity contribution < 1.29 is 61.6 Å². The molecular formula is C30H54ClNO13. The van der Waals surface area contributed by atoms with Gasteiger partial charge in [0.25, 0.3) is 0 Å². The Morgan fingerprint density at radius 3 is 1.09 bits per heavy atom. The van der Waals surface area contributed by atoms with Crippen molar-refractivity contribution in [3.63, 3.8) is 0 Å². The van der Waals surface area contributed by atoms with Crippen LogP contribution in [-0.2, 0) is 56.8 Å². The average molecular weight is 672 g/mol. The van der Waals surface area contributed by atoms with Crippen LogP contribution in [0.1, 0.15) is 0 Å². The standard InChI is InChI=1S/C30H54ClNO13/c1-33-30(34-2)26-44-20-19-42-16-15-40-12-11-38-8-7-36-4-3-35-5-6-37-9-10-39-13-14-41-17-18-43-21-22-45-29-24-27(31)23-28(32)25-29/h23-25,30H,3-22,26,32H2,1-2H3. The van der Waals surface area contributed by atoms with E-state index in [4.69, 9.17) is 78.9 Å². The Morgan fingerprint density at radius 2 is 0.778 bits per heavy atom. The van der Waals surface area contributed by atoms with E-state index < -0.39 is 0 Å². The number of ether oxygens (including phenoxy) is 13. The predicted octanol–water partition coefficient (Wildman–Crippen LogP) is 2.09. The summed E-state index contributed by atoms with van der Waals surface area (Å²) < 4.78 is 70.1. The van der Waals surface area contributed by atoms with E-state index >= 15 is 0 Å². The molecule has 0 heterocycles. The van der Waals surface area contributed by atoms with Gasteiger partial charge in [-0.2, -0.15) is 0 Å².